The van der Waals surface area contributed by atoms with Gasteiger partial charge in [0.2, 0.25) is 15.9 Å². The summed E-state index contributed by atoms with van der Waals surface area (Å²) in [5.74, 6) is -0.315. The molecular weight excluding hydrogens is 390 g/mol. The number of rotatable bonds is 3. The predicted molar refractivity (Wildman–Crippen MR) is 77.4 cm³/mol. The molecule has 2 rings (SSSR count). The van der Waals surface area contributed by atoms with Crippen LogP contribution in [0.1, 0.15) is 30.4 Å². The van der Waals surface area contributed by atoms with Crippen molar-refractivity contribution in [2.75, 3.05) is 6.54 Å². The number of hydrogen-bond donors (Lipinski definition) is 2. The van der Waals surface area contributed by atoms with Crippen molar-refractivity contribution in [3.8, 4) is 0 Å². The molecule has 1 aromatic rings. The topological polar surface area (TPSA) is 75.3 Å². The summed E-state index contributed by atoms with van der Waals surface area (Å²) in [7, 11) is -4.65. The van der Waals surface area contributed by atoms with Crippen LogP contribution in [0.25, 0.3) is 0 Å². The third kappa shape index (κ3) is 5.10. The minimum absolute atomic E-state index is 0.0103. The molecule has 1 aliphatic heterocycles. The van der Waals surface area contributed by atoms with Gasteiger partial charge < -0.3 is 5.32 Å². The largest absolute Gasteiger partial charge is 0.416 e. The molecule has 1 unspecified atom stereocenters. The highest BCUT2D eigenvalue weighted by molar-refractivity contribution is 7.89. The van der Waals surface area contributed by atoms with Crippen molar-refractivity contribution >= 4 is 15.9 Å². The van der Waals surface area contributed by atoms with Crippen LogP contribution in [-0.2, 0) is 27.2 Å². The summed E-state index contributed by atoms with van der Waals surface area (Å²) < 4.78 is 104. The number of hydrogen-bond acceptors (Lipinski definition) is 3. The normalized spacial score (nSPS) is 19.8. The molecule has 0 saturated carbocycles. The Kier molecular flexibility index (Phi) is 5.57. The zero-order valence-corrected chi connectivity index (χ0v) is 13.9. The van der Waals surface area contributed by atoms with E-state index in [0.29, 0.717) is 0 Å². The van der Waals surface area contributed by atoms with Crippen molar-refractivity contribution < 1.29 is 39.6 Å². The molecule has 1 aromatic carbocycles. The summed E-state index contributed by atoms with van der Waals surface area (Å²) in [6.45, 7) is 0.141. The van der Waals surface area contributed by atoms with E-state index in [-0.39, 0.29) is 49.9 Å². The number of amides is 1. The predicted octanol–water partition coefficient (Wildman–Crippen LogP) is 2.67. The van der Waals surface area contributed by atoms with Gasteiger partial charge >= 0.3 is 12.4 Å². The number of sulfonamides is 1. The van der Waals surface area contributed by atoms with Crippen molar-refractivity contribution in [3.05, 3.63) is 29.3 Å². The molecule has 1 saturated heterocycles. The number of nitrogens with one attached hydrogen (secondary N) is 2. The Hall–Kier alpha value is -1.82. The van der Waals surface area contributed by atoms with E-state index >= 15 is 0 Å². The molecular formula is C14H14F6N2O3S. The quantitative estimate of drug-likeness (QED) is 0.761. The third-order valence-electron chi connectivity index (χ3n) is 3.73. The fourth-order valence-electron chi connectivity index (χ4n) is 2.41. The Balaban J connectivity index is 2.40. The lowest BCUT2D eigenvalue weighted by Crippen LogP contribution is -2.35. The molecule has 0 aromatic heterocycles. The highest BCUT2D eigenvalue weighted by Crippen LogP contribution is 2.37. The molecule has 12 heteroatoms. The van der Waals surface area contributed by atoms with E-state index in [4.69, 9.17) is 0 Å². The maximum Gasteiger partial charge on any atom is 0.416 e. The Bertz CT molecular complexity index is 757. The minimum Gasteiger partial charge on any atom is -0.356 e. The van der Waals surface area contributed by atoms with Crippen LogP contribution in [0.15, 0.2) is 23.1 Å². The number of carbonyl (C=O) groups is 1. The van der Waals surface area contributed by atoms with Crippen LogP contribution < -0.4 is 10.0 Å². The van der Waals surface area contributed by atoms with E-state index in [9.17, 15) is 39.6 Å². The van der Waals surface area contributed by atoms with Gasteiger partial charge in [-0.3, -0.25) is 4.79 Å². The Morgan fingerprint density at radius 3 is 2.00 bits per heavy atom. The first kappa shape index (κ1) is 20.5. The molecule has 1 amide bonds. The number of carbonyl (C=O) groups excluding carboxylic acids is 1. The van der Waals surface area contributed by atoms with Gasteiger partial charge in [0.15, 0.2) is 0 Å². The van der Waals surface area contributed by atoms with Crippen LogP contribution in [0.5, 0.6) is 0 Å². The second-order valence-electron chi connectivity index (χ2n) is 5.74. The van der Waals surface area contributed by atoms with E-state index in [1.165, 1.54) is 0 Å². The lowest BCUT2D eigenvalue weighted by atomic mass is 10.1. The van der Waals surface area contributed by atoms with Crippen LogP contribution in [-0.4, -0.2) is 26.9 Å². The molecule has 1 heterocycles. The van der Waals surface area contributed by atoms with E-state index in [2.05, 4.69) is 10.0 Å². The van der Waals surface area contributed by atoms with Gasteiger partial charge in [0.1, 0.15) is 0 Å². The number of halogens is 6. The van der Waals surface area contributed by atoms with Crippen LogP contribution in [0.4, 0.5) is 26.3 Å². The molecule has 1 atom stereocenters. The van der Waals surface area contributed by atoms with Crippen molar-refractivity contribution in [1.29, 1.82) is 0 Å². The van der Waals surface area contributed by atoms with Gasteiger partial charge in [-0.2, -0.15) is 26.3 Å². The van der Waals surface area contributed by atoms with Gasteiger partial charge in [-0.15, -0.1) is 0 Å². The summed E-state index contributed by atoms with van der Waals surface area (Å²) in [4.78, 5) is 10.1. The second-order valence-corrected chi connectivity index (χ2v) is 7.45. The lowest BCUT2D eigenvalue weighted by molar-refractivity contribution is -0.143. The highest BCUT2D eigenvalue weighted by atomic mass is 32.2. The average Bonchev–Trinajstić information content (AvgIpc) is 2.69. The van der Waals surface area contributed by atoms with Gasteiger partial charge in [0.25, 0.3) is 0 Å². The fraction of sp³-hybridized carbons (Fsp3) is 0.500. The SMILES string of the molecule is O=C1CCC(NS(=O)(=O)c2cc(C(F)(F)F)cc(C(F)(F)F)c2)CCN1. The average molecular weight is 404 g/mol. The molecule has 146 valence electrons. The van der Waals surface area contributed by atoms with Crippen LogP contribution in [0, 0.1) is 0 Å². The van der Waals surface area contributed by atoms with Gasteiger partial charge in [-0.25, -0.2) is 13.1 Å². The van der Waals surface area contributed by atoms with Gasteiger partial charge in [-0.1, -0.05) is 0 Å². The zero-order valence-electron chi connectivity index (χ0n) is 13.0. The molecule has 26 heavy (non-hydrogen) atoms. The van der Waals surface area contributed by atoms with Gasteiger partial charge in [-0.05, 0) is 31.0 Å². The Morgan fingerprint density at radius 2 is 1.50 bits per heavy atom. The van der Waals surface area contributed by atoms with E-state index in [1.807, 2.05) is 0 Å². The van der Waals surface area contributed by atoms with Crippen molar-refractivity contribution in [2.24, 2.45) is 0 Å². The summed E-state index contributed by atoms with van der Waals surface area (Å²) in [6.07, 6.45) is -10.1. The molecule has 0 aliphatic carbocycles. The molecule has 0 bridgehead atoms. The Morgan fingerprint density at radius 1 is 0.962 bits per heavy atom. The van der Waals surface area contributed by atoms with Gasteiger partial charge in [0, 0.05) is 19.0 Å². The van der Waals surface area contributed by atoms with E-state index in [1.54, 1.807) is 0 Å². The van der Waals surface area contributed by atoms with Crippen LogP contribution in [0.3, 0.4) is 0 Å². The summed E-state index contributed by atoms with van der Waals surface area (Å²) in [5.41, 5.74) is -3.43. The first-order valence-corrected chi connectivity index (χ1v) is 8.86. The number of benzene rings is 1. The molecule has 5 nitrogen and oxygen atoms in total. The molecule has 2 N–H and O–H groups in total. The highest BCUT2D eigenvalue weighted by Gasteiger charge is 2.38. The minimum atomic E-state index is -5.15. The monoisotopic (exact) mass is 404 g/mol. The summed E-state index contributed by atoms with van der Waals surface area (Å²) in [5, 5.41) is 2.49. The molecule has 0 spiro atoms. The van der Waals surface area contributed by atoms with Gasteiger partial charge in [0.05, 0.1) is 16.0 Å². The Labute approximate surface area is 144 Å². The van der Waals surface area contributed by atoms with E-state index in [0.717, 1.165) is 0 Å². The van der Waals surface area contributed by atoms with E-state index < -0.39 is 44.4 Å². The molecule has 1 aliphatic rings. The first-order chi connectivity index (χ1) is 11.8. The second kappa shape index (κ2) is 7.06. The standard InChI is InChI=1S/C14H14F6N2O3S/c15-13(16,17)8-5-9(14(18,19)20)7-11(6-8)26(24,25)22-10-1-2-12(23)21-4-3-10/h5-7,10,22H,1-4H2,(H,21,23). The van der Waals surface area contributed by atoms with Crippen molar-refractivity contribution in [2.45, 2.75) is 42.6 Å². The molecule has 1 fully saturated rings. The molecule has 0 radical (unpaired) electrons. The summed E-state index contributed by atoms with van der Waals surface area (Å²) >= 11 is 0. The fourth-order valence-corrected chi connectivity index (χ4v) is 3.79. The van der Waals surface area contributed by atoms with Crippen molar-refractivity contribution in [3.63, 3.8) is 0 Å². The maximum atomic E-state index is 12.9. The van der Waals surface area contributed by atoms with Crippen LogP contribution in [0.2, 0.25) is 0 Å². The lowest BCUT2D eigenvalue weighted by Gasteiger charge is -2.18. The zero-order chi connectivity index (χ0) is 19.8. The van der Waals surface area contributed by atoms with Crippen molar-refractivity contribution in [1.82, 2.24) is 10.0 Å². The first-order valence-electron chi connectivity index (χ1n) is 7.37. The summed E-state index contributed by atoms with van der Waals surface area (Å²) in [6, 6.07) is -0.634. The maximum absolute atomic E-state index is 12.9. The smallest absolute Gasteiger partial charge is 0.356 e. The third-order valence-corrected chi connectivity index (χ3v) is 5.23. The number of alkyl halides is 6. The van der Waals surface area contributed by atoms with Crippen LogP contribution >= 0.6 is 0 Å².